The van der Waals surface area contributed by atoms with E-state index in [0.717, 1.165) is 38.0 Å². The zero-order valence-electron chi connectivity index (χ0n) is 14.1. The van der Waals surface area contributed by atoms with E-state index in [4.69, 9.17) is 0 Å². The van der Waals surface area contributed by atoms with E-state index in [1.807, 2.05) is 24.3 Å². The Morgan fingerprint density at radius 3 is 2.54 bits per heavy atom. The van der Waals surface area contributed by atoms with E-state index < -0.39 is 0 Å². The Balaban J connectivity index is 0.00000208. The molecule has 6 heteroatoms. The molecule has 2 N–H and O–H groups in total. The molecule has 2 fully saturated rings. The molecule has 5 nitrogen and oxygen atoms in total. The number of nitrogens with one attached hydrogen (secondary N) is 2. The van der Waals surface area contributed by atoms with Gasteiger partial charge in [-0.1, -0.05) is 19.1 Å². The second kappa shape index (κ2) is 8.49. The number of nitrogens with zero attached hydrogens (tertiary/aromatic N) is 1. The predicted molar refractivity (Wildman–Crippen MR) is 97.6 cm³/mol. The first-order valence-electron chi connectivity index (χ1n) is 8.57. The molecule has 1 aromatic carbocycles. The number of carbonyl (C=O) groups excluding carboxylic acids is 2. The van der Waals surface area contributed by atoms with Crippen molar-refractivity contribution in [3.63, 3.8) is 0 Å². The molecule has 3 rings (SSSR count). The number of hydrogen-bond donors (Lipinski definition) is 2. The van der Waals surface area contributed by atoms with Gasteiger partial charge in [0.15, 0.2) is 0 Å². The van der Waals surface area contributed by atoms with E-state index in [0.29, 0.717) is 13.0 Å². The van der Waals surface area contributed by atoms with E-state index in [9.17, 15) is 9.59 Å². The van der Waals surface area contributed by atoms with E-state index in [1.165, 1.54) is 5.56 Å². The van der Waals surface area contributed by atoms with Gasteiger partial charge in [-0.05, 0) is 50.0 Å². The van der Waals surface area contributed by atoms with Crippen LogP contribution in [0.4, 0.5) is 5.69 Å². The number of anilines is 1. The summed E-state index contributed by atoms with van der Waals surface area (Å²) in [4.78, 5) is 26.4. The van der Waals surface area contributed by atoms with Crippen molar-refractivity contribution < 1.29 is 9.59 Å². The molecule has 0 aromatic heterocycles. The molecule has 0 aliphatic carbocycles. The van der Waals surface area contributed by atoms with Crippen molar-refractivity contribution in [1.29, 1.82) is 0 Å². The van der Waals surface area contributed by atoms with Gasteiger partial charge in [0.25, 0.3) is 0 Å². The average Bonchev–Trinajstić information content (AvgIpc) is 2.98. The van der Waals surface area contributed by atoms with Crippen LogP contribution in [0.25, 0.3) is 0 Å². The first-order valence-corrected chi connectivity index (χ1v) is 8.57. The summed E-state index contributed by atoms with van der Waals surface area (Å²) < 4.78 is 0. The standard InChI is InChI=1S/C18H25N3O2.ClH/c1-2-13-3-5-16(6-4-13)21-12-14(11-17(21)22)18(23)20-15-7-9-19-10-8-15;/h3-6,14-15,19H,2,7-12H2,1H3,(H,20,23);1H. The van der Waals surface area contributed by atoms with Crippen LogP contribution in [0.5, 0.6) is 0 Å². The molecule has 2 saturated heterocycles. The van der Waals surface area contributed by atoms with Gasteiger partial charge in [-0.3, -0.25) is 9.59 Å². The lowest BCUT2D eigenvalue weighted by Gasteiger charge is -2.25. The molecule has 0 saturated carbocycles. The lowest BCUT2D eigenvalue weighted by Crippen LogP contribution is -2.45. The maximum Gasteiger partial charge on any atom is 0.227 e. The monoisotopic (exact) mass is 351 g/mol. The molecular formula is C18H26ClN3O2. The fourth-order valence-electron chi connectivity index (χ4n) is 3.33. The summed E-state index contributed by atoms with van der Waals surface area (Å²) in [6.07, 6.45) is 3.23. The maximum absolute atomic E-state index is 12.4. The van der Waals surface area contributed by atoms with Gasteiger partial charge >= 0.3 is 0 Å². The maximum atomic E-state index is 12.4. The highest BCUT2D eigenvalue weighted by atomic mass is 35.5. The number of aryl methyl sites for hydroxylation is 1. The molecule has 132 valence electrons. The smallest absolute Gasteiger partial charge is 0.227 e. The molecule has 1 unspecified atom stereocenters. The van der Waals surface area contributed by atoms with E-state index in [2.05, 4.69) is 17.6 Å². The Labute approximate surface area is 149 Å². The van der Waals surface area contributed by atoms with Crippen molar-refractivity contribution in [3.05, 3.63) is 29.8 Å². The molecular weight excluding hydrogens is 326 g/mol. The molecule has 0 bridgehead atoms. The SMILES string of the molecule is CCc1ccc(N2CC(C(=O)NC3CCNCC3)CC2=O)cc1.Cl. The van der Waals surface area contributed by atoms with Gasteiger partial charge < -0.3 is 15.5 Å². The highest BCUT2D eigenvalue weighted by Gasteiger charge is 2.35. The first-order chi connectivity index (χ1) is 11.2. The summed E-state index contributed by atoms with van der Waals surface area (Å²) >= 11 is 0. The third-order valence-corrected chi connectivity index (χ3v) is 4.84. The zero-order chi connectivity index (χ0) is 16.2. The van der Waals surface area contributed by atoms with Crippen molar-refractivity contribution in [1.82, 2.24) is 10.6 Å². The van der Waals surface area contributed by atoms with Crippen molar-refractivity contribution in [2.45, 2.75) is 38.6 Å². The zero-order valence-corrected chi connectivity index (χ0v) is 14.9. The third-order valence-electron chi connectivity index (χ3n) is 4.84. The number of amides is 2. The largest absolute Gasteiger partial charge is 0.353 e. The van der Waals surface area contributed by atoms with Crippen LogP contribution in [0.2, 0.25) is 0 Å². The molecule has 2 aliphatic rings. The van der Waals surface area contributed by atoms with Crippen LogP contribution >= 0.6 is 12.4 Å². The lowest BCUT2D eigenvalue weighted by atomic mass is 10.0. The molecule has 0 spiro atoms. The average molecular weight is 352 g/mol. The fraction of sp³-hybridized carbons (Fsp3) is 0.556. The Morgan fingerprint density at radius 1 is 1.25 bits per heavy atom. The summed E-state index contributed by atoms with van der Waals surface area (Å²) in [6.45, 7) is 4.49. The van der Waals surface area contributed by atoms with Crippen LogP contribution in [-0.4, -0.2) is 37.5 Å². The quantitative estimate of drug-likeness (QED) is 0.870. The van der Waals surface area contributed by atoms with Crippen LogP contribution in [0, 0.1) is 5.92 Å². The molecule has 2 heterocycles. The van der Waals surface area contributed by atoms with Crippen LogP contribution in [0.1, 0.15) is 31.7 Å². The number of rotatable bonds is 4. The Bertz CT molecular complexity index is 570. The van der Waals surface area contributed by atoms with Crippen LogP contribution in [-0.2, 0) is 16.0 Å². The van der Waals surface area contributed by atoms with Crippen LogP contribution in [0.15, 0.2) is 24.3 Å². The molecule has 2 amide bonds. The Kier molecular flexibility index (Phi) is 6.63. The van der Waals surface area contributed by atoms with Gasteiger partial charge in [-0.25, -0.2) is 0 Å². The first kappa shape index (κ1) is 18.7. The molecule has 0 radical (unpaired) electrons. The van der Waals surface area contributed by atoms with E-state index in [1.54, 1.807) is 4.90 Å². The van der Waals surface area contributed by atoms with Crippen molar-refractivity contribution in [2.75, 3.05) is 24.5 Å². The number of hydrogen-bond acceptors (Lipinski definition) is 3. The minimum Gasteiger partial charge on any atom is -0.353 e. The normalized spacial score (nSPS) is 21.5. The number of halogens is 1. The summed E-state index contributed by atoms with van der Waals surface area (Å²) in [6, 6.07) is 8.29. The fourth-order valence-corrected chi connectivity index (χ4v) is 3.33. The van der Waals surface area contributed by atoms with Gasteiger partial charge in [0.1, 0.15) is 0 Å². The van der Waals surface area contributed by atoms with Gasteiger partial charge in [0.2, 0.25) is 11.8 Å². The highest BCUT2D eigenvalue weighted by molar-refractivity contribution is 6.00. The lowest BCUT2D eigenvalue weighted by molar-refractivity contribution is -0.127. The van der Waals surface area contributed by atoms with Gasteiger partial charge in [0.05, 0.1) is 5.92 Å². The summed E-state index contributed by atoms with van der Waals surface area (Å²) in [7, 11) is 0. The molecule has 2 aliphatic heterocycles. The third kappa shape index (κ3) is 4.28. The number of carbonyl (C=O) groups is 2. The van der Waals surface area contributed by atoms with Crippen molar-refractivity contribution in [2.24, 2.45) is 5.92 Å². The molecule has 24 heavy (non-hydrogen) atoms. The predicted octanol–water partition coefficient (Wildman–Crippen LogP) is 1.89. The highest BCUT2D eigenvalue weighted by Crippen LogP contribution is 2.26. The van der Waals surface area contributed by atoms with Crippen molar-refractivity contribution >= 4 is 29.9 Å². The van der Waals surface area contributed by atoms with Crippen LogP contribution < -0.4 is 15.5 Å². The molecule has 1 aromatic rings. The second-order valence-electron chi connectivity index (χ2n) is 6.46. The minimum absolute atomic E-state index is 0. The van der Waals surface area contributed by atoms with Gasteiger partial charge in [-0.15, -0.1) is 12.4 Å². The Hall–Kier alpha value is -1.59. The Morgan fingerprint density at radius 2 is 1.92 bits per heavy atom. The van der Waals surface area contributed by atoms with Gasteiger partial charge in [-0.2, -0.15) is 0 Å². The summed E-state index contributed by atoms with van der Waals surface area (Å²) in [5, 5.41) is 6.40. The van der Waals surface area contributed by atoms with Gasteiger partial charge in [0, 0.05) is 24.7 Å². The topological polar surface area (TPSA) is 61.4 Å². The minimum atomic E-state index is -0.233. The number of piperidine rings is 1. The molecule has 1 atom stereocenters. The summed E-state index contributed by atoms with van der Waals surface area (Å²) in [5.41, 5.74) is 2.14. The van der Waals surface area contributed by atoms with Crippen molar-refractivity contribution in [3.8, 4) is 0 Å². The summed E-state index contributed by atoms with van der Waals surface area (Å²) in [5.74, 6) is -0.166. The van der Waals surface area contributed by atoms with E-state index >= 15 is 0 Å². The number of benzene rings is 1. The second-order valence-corrected chi connectivity index (χ2v) is 6.46. The van der Waals surface area contributed by atoms with E-state index in [-0.39, 0.29) is 36.2 Å². The van der Waals surface area contributed by atoms with Crippen LogP contribution in [0.3, 0.4) is 0 Å².